The summed E-state index contributed by atoms with van der Waals surface area (Å²) in [5.41, 5.74) is -0.0184. The van der Waals surface area contributed by atoms with Crippen molar-refractivity contribution < 1.29 is 24.2 Å². The van der Waals surface area contributed by atoms with Crippen LogP contribution >= 0.6 is 15.9 Å². The largest absolute Gasteiger partial charge is 0.502 e. The van der Waals surface area contributed by atoms with Gasteiger partial charge in [-0.25, -0.2) is 0 Å². The molecule has 1 aromatic carbocycles. The van der Waals surface area contributed by atoms with Crippen LogP contribution in [0.25, 0.3) is 0 Å². The lowest BCUT2D eigenvalue weighted by Crippen LogP contribution is -2.15. The molecular formula is C17H17BrO6. The molecule has 0 bridgehead atoms. The first-order valence-corrected chi connectivity index (χ1v) is 8.13. The number of benzene rings is 1. The van der Waals surface area contributed by atoms with Crippen molar-refractivity contribution >= 4 is 21.9 Å². The van der Waals surface area contributed by atoms with Crippen molar-refractivity contribution in [2.75, 3.05) is 6.61 Å². The second-order valence-electron chi connectivity index (χ2n) is 5.06. The maximum Gasteiger partial charge on any atom is 0.306 e. The first kappa shape index (κ1) is 18.2. The SMILES string of the molecule is CCOC(=O)C[C@@H](c1cccc(Br)c1)c1oc(CO)cc(=O)c1O. The van der Waals surface area contributed by atoms with Crippen molar-refractivity contribution in [3.8, 4) is 5.75 Å². The Kier molecular flexibility index (Phi) is 6.16. The van der Waals surface area contributed by atoms with E-state index in [4.69, 9.17) is 9.15 Å². The Bertz CT molecular complexity index is 783. The lowest BCUT2D eigenvalue weighted by Gasteiger charge is -2.17. The summed E-state index contributed by atoms with van der Waals surface area (Å²) in [5, 5.41) is 19.3. The third-order valence-electron chi connectivity index (χ3n) is 3.40. The number of aliphatic hydroxyl groups excluding tert-OH is 1. The van der Waals surface area contributed by atoms with Gasteiger partial charge in [0.15, 0.2) is 5.76 Å². The minimum Gasteiger partial charge on any atom is -0.502 e. The van der Waals surface area contributed by atoms with Crippen LogP contribution < -0.4 is 5.43 Å². The van der Waals surface area contributed by atoms with Gasteiger partial charge >= 0.3 is 5.97 Å². The average Bonchev–Trinajstić information content (AvgIpc) is 2.55. The molecule has 2 aromatic rings. The number of hydrogen-bond donors (Lipinski definition) is 2. The molecule has 7 heteroatoms. The van der Waals surface area contributed by atoms with Crippen molar-refractivity contribution in [1.29, 1.82) is 0 Å². The quantitative estimate of drug-likeness (QED) is 0.728. The second kappa shape index (κ2) is 8.12. The lowest BCUT2D eigenvalue weighted by molar-refractivity contribution is -0.143. The zero-order valence-electron chi connectivity index (χ0n) is 13.0. The highest BCUT2D eigenvalue weighted by Gasteiger charge is 2.26. The number of esters is 1. The summed E-state index contributed by atoms with van der Waals surface area (Å²) in [5.74, 6) is -1.85. The highest BCUT2D eigenvalue weighted by Crippen LogP contribution is 2.34. The van der Waals surface area contributed by atoms with Gasteiger partial charge < -0.3 is 19.4 Å². The molecule has 24 heavy (non-hydrogen) atoms. The first-order valence-electron chi connectivity index (χ1n) is 7.34. The van der Waals surface area contributed by atoms with Crippen LogP contribution in [0.3, 0.4) is 0 Å². The van der Waals surface area contributed by atoms with E-state index in [2.05, 4.69) is 15.9 Å². The Morgan fingerprint density at radius 1 is 1.38 bits per heavy atom. The Hall–Kier alpha value is -2.12. The number of aliphatic hydroxyl groups is 1. The van der Waals surface area contributed by atoms with Gasteiger partial charge in [-0.2, -0.15) is 0 Å². The molecule has 128 valence electrons. The van der Waals surface area contributed by atoms with Gasteiger partial charge in [-0.05, 0) is 24.6 Å². The third-order valence-corrected chi connectivity index (χ3v) is 3.89. The van der Waals surface area contributed by atoms with Crippen LogP contribution in [0.1, 0.15) is 36.3 Å². The maximum atomic E-state index is 12.0. The molecule has 2 N–H and O–H groups in total. The Morgan fingerprint density at radius 3 is 2.75 bits per heavy atom. The molecule has 0 saturated carbocycles. The summed E-state index contributed by atoms with van der Waals surface area (Å²) in [6.45, 7) is 1.42. The maximum absolute atomic E-state index is 12.0. The van der Waals surface area contributed by atoms with E-state index in [9.17, 15) is 19.8 Å². The molecule has 1 heterocycles. The number of halogens is 1. The van der Waals surface area contributed by atoms with Crippen LogP contribution in [-0.2, 0) is 16.1 Å². The van der Waals surface area contributed by atoms with E-state index in [1.165, 1.54) is 0 Å². The predicted octanol–water partition coefficient (Wildman–Crippen LogP) is 2.69. The molecule has 0 unspecified atom stereocenters. The number of rotatable bonds is 6. The van der Waals surface area contributed by atoms with E-state index in [0.717, 1.165) is 10.5 Å². The summed E-state index contributed by atoms with van der Waals surface area (Å²) in [6, 6.07) is 8.10. The fourth-order valence-corrected chi connectivity index (χ4v) is 2.76. The van der Waals surface area contributed by atoms with Gasteiger partial charge in [0.05, 0.1) is 18.9 Å². The van der Waals surface area contributed by atoms with Gasteiger partial charge in [0.1, 0.15) is 12.4 Å². The molecule has 0 aliphatic heterocycles. The smallest absolute Gasteiger partial charge is 0.306 e. The third kappa shape index (κ3) is 4.24. The van der Waals surface area contributed by atoms with Crippen LogP contribution in [-0.4, -0.2) is 22.8 Å². The van der Waals surface area contributed by atoms with E-state index >= 15 is 0 Å². The summed E-state index contributed by atoms with van der Waals surface area (Å²) >= 11 is 3.35. The van der Waals surface area contributed by atoms with Gasteiger partial charge in [0.2, 0.25) is 11.2 Å². The van der Waals surface area contributed by atoms with E-state index in [-0.39, 0.29) is 24.5 Å². The molecular weight excluding hydrogens is 380 g/mol. The van der Waals surface area contributed by atoms with E-state index < -0.39 is 29.7 Å². The van der Waals surface area contributed by atoms with Crippen molar-refractivity contribution in [3.05, 3.63) is 62.1 Å². The fraction of sp³-hybridized carbons (Fsp3) is 0.294. The normalized spacial score (nSPS) is 12.0. The summed E-state index contributed by atoms with van der Waals surface area (Å²) in [7, 11) is 0. The van der Waals surface area contributed by atoms with Gasteiger partial charge in [0.25, 0.3) is 0 Å². The van der Waals surface area contributed by atoms with Crippen molar-refractivity contribution in [3.63, 3.8) is 0 Å². The van der Waals surface area contributed by atoms with Crippen molar-refractivity contribution in [2.24, 2.45) is 0 Å². The monoisotopic (exact) mass is 396 g/mol. The van der Waals surface area contributed by atoms with Crippen LogP contribution in [0.4, 0.5) is 0 Å². The Labute approximate surface area is 146 Å². The zero-order chi connectivity index (χ0) is 17.7. The number of hydrogen-bond acceptors (Lipinski definition) is 6. The minimum absolute atomic E-state index is 0.0108. The van der Waals surface area contributed by atoms with Crippen LogP contribution in [0.15, 0.2) is 44.0 Å². The standard InChI is InChI=1S/C17H17BrO6/c1-2-23-15(21)8-13(10-4-3-5-11(18)6-10)17-16(22)14(20)7-12(9-19)24-17/h3-7,13,19,22H,2,8-9H2,1H3/t13-/m0/s1. The fourth-order valence-electron chi connectivity index (χ4n) is 2.34. The van der Waals surface area contributed by atoms with Gasteiger partial charge in [0, 0.05) is 10.5 Å². The Balaban J connectivity index is 2.56. The number of ether oxygens (including phenoxy) is 1. The first-order chi connectivity index (χ1) is 11.5. The topological polar surface area (TPSA) is 97.0 Å². The lowest BCUT2D eigenvalue weighted by atomic mass is 9.92. The van der Waals surface area contributed by atoms with E-state index in [1.807, 2.05) is 6.07 Å². The van der Waals surface area contributed by atoms with Gasteiger partial charge in [-0.3, -0.25) is 9.59 Å². The highest BCUT2D eigenvalue weighted by atomic mass is 79.9. The van der Waals surface area contributed by atoms with Gasteiger partial charge in [-0.15, -0.1) is 0 Å². The van der Waals surface area contributed by atoms with Crippen molar-refractivity contribution in [2.45, 2.75) is 25.9 Å². The van der Waals surface area contributed by atoms with Crippen molar-refractivity contribution in [1.82, 2.24) is 0 Å². The van der Waals surface area contributed by atoms with Crippen LogP contribution in [0.2, 0.25) is 0 Å². The minimum atomic E-state index is -0.722. The molecule has 1 atom stereocenters. The molecule has 0 radical (unpaired) electrons. The average molecular weight is 397 g/mol. The number of carbonyl (C=O) groups is 1. The molecule has 0 aliphatic carbocycles. The Morgan fingerprint density at radius 2 is 2.12 bits per heavy atom. The molecule has 2 rings (SSSR count). The molecule has 0 saturated heterocycles. The molecule has 0 aliphatic rings. The van der Waals surface area contributed by atoms with Gasteiger partial charge in [-0.1, -0.05) is 28.1 Å². The molecule has 0 fully saturated rings. The summed E-state index contributed by atoms with van der Waals surface area (Å²) in [4.78, 5) is 23.8. The summed E-state index contributed by atoms with van der Waals surface area (Å²) < 4.78 is 11.2. The zero-order valence-corrected chi connectivity index (χ0v) is 14.6. The molecule has 6 nitrogen and oxygen atoms in total. The number of aromatic hydroxyl groups is 1. The molecule has 1 aromatic heterocycles. The van der Waals surface area contributed by atoms with E-state index in [0.29, 0.717) is 5.56 Å². The summed E-state index contributed by atoms with van der Waals surface area (Å²) in [6.07, 6.45) is -0.115. The number of carbonyl (C=O) groups excluding carboxylic acids is 1. The highest BCUT2D eigenvalue weighted by molar-refractivity contribution is 9.10. The second-order valence-corrected chi connectivity index (χ2v) is 5.98. The predicted molar refractivity (Wildman–Crippen MR) is 89.8 cm³/mol. The molecule has 0 amide bonds. The van der Waals surface area contributed by atoms with Crippen LogP contribution in [0.5, 0.6) is 5.75 Å². The van der Waals surface area contributed by atoms with Crippen LogP contribution in [0, 0.1) is 0 Å². The molecule has 0 spiro atoms. The van der Waals surface area contributed by atoms with E-state index in [1.54, 1.807) is 25.1 Å².